The number of aromatic nitrogens is 2. The average Bonchev–Trinajstić information content (AvgIpc) is 2.79. The van der Waals surface area contributed by atoms with E-state index in [1.54, 1.807) is 12.1 Å². The summed E-state index contributed by atoms with van der Waals surface area (Å²) >= 11 is 2.87. The highest BCUT2D eigenvalue weighted by molar-refractivity contribution is 9.10. The first-order chi connectivity index (χ1) is 10.8. The maximum absolute atomic E-state index is 12.7. The van der Waals surface area contributed by atoms with Crippen LogP contribution in [0.3, 0.4) is 0 Å². The van der Waals surface area contributed by atoms with Crippen LogP contribution in [0, 0.1) is 0 Å². The molecule has 5 nitrogen and oxygen atoms in total. The molecule has 1 amide bonds. The van der Waals surface area contributed by atoms with Crippen LogP contribution in [0.4, 0.5) is 18.0 Å². The van der Waals surface area contributed by atoms with Gasteiger partial charge in [0, 0.05) is 7.05 Å². The summed E-state index contributed by atoms with van der Waals surface area (Å²) in [4.78, 5) is 11.6. The molecule has 1 aromatic carbocycles. The second-order valence-corrected chi connectivity index (χ2v) is 5.44. The lowest BCUT2D eigenvalue weighted by Crippen LogP contribution is -2.25. The van der Waals surface area contributed by atoms with Crippen molar-refractivity contribution >= 4 is 22.0 Å². The van der Waals surface area contributed by atoms with Gasteiger partial charge >= 0.3 is 12.3 Å². The molecule has 1 heterocycles. The molecule has 0 aliphatic carbocycles. The molecule has 0 aliphatic heterocycles. The van der Waals surface area contributed by atoms with Gasteiger partial charge in [-0.05, 0) is 21.5 Å². The molecule has 0 bridgehead atoms. The van der Waals surface area contributed by atoms with E-state index in [1.807, 2.05) is 18.2 Å². The lowest BCUT2D eigenvalue weighted by atomic mass is 10.2. The third-order valence-electron chi connectivity index (χ3n) is 2.98. The molecular weight excluding hydrogens is 379 g/mol. The van der Waals surface area contributed by atoms with Crippen molar-refractivity contribution < 1.29 is 22.7 Å². The number of halogens is 4. The number of alkyl carbamates (subject to hydrolysis) is 1. The van der Waals surface area contributed by atoms with E-state index in [0.29, 0.717) is 0 Å². The smallest absolute Gasteiger partial charge is 0.436 e. The van der Waals surface area contributed by atoms with E-state index in [2.05, 4.69) is 26.3 Å². The molecule has 0 aliphatic rings. The number of carbonyl (C=O) groups is 1. The van der Waals surface area contributed by atoms with Crippen LogP contribution in [-0.2, 0) is 31.1 Å². The lowest BCUT2D eigenvalue weighted by molar-refractivity contribution is -0.142. The number of ether oxygens (including phenoxy) is 1. The number of aryl methyl sites for hydroxylation is 1. The third-order valence-corrected chi connectivity index (χ3v) is 3.82. The molecule has 2 rings (SSSR count). The van der Waals surface area contributed by atoms with Gasteiger partial charge < -0.3 is 10.1 Å². The van der Waals surface area contributed by atoms with Crippen molar-refractivity contribution in [3.05, 3.63) is 51.8 Å². The Kier molecular flexibility index (Phi) is 5.30. The highest BCUT2D eigenvalue weighted by atomic mass is 79.9. The van der Waals surface area contributed by atoms with E-state index in [0.717, 1.165) is 10.2 Å². The molecule has 0 fully saturated rings. The van der Waals surface area contributed by atoms with Crippen LogP contribution in [0.2, 0.25) is 0 Å². The predicted molar refractivity (Wildman–Crippen MR) is 79.4 cm³/mol. The van der Waals surface area contributed by atoms with E-state index in [1.165, 1.54) is 7.05 Å². The minimum atomic E-state index is -4.57. The molecule has 23 heavy (non-hydrogen) atoms. The molecule has 0 radical (unpaired) electrons. The second kappa shape index (κ2) is 7.03. The van der Waals surface area contributed by atoms with Gasteiger partial charge in [-0.15, -0.1) is 0 Å². The van der Waals surface area contributed by atoms with E-state index >= 15 is 0 Å². The number of benzene rings is 1. The summed E-state index contributed by atoms with van der Waals surface area (Å²) in [5.74, 6) is 0. The van der Waals surface area contributed by atoms with Crippen molar-refractivity contribution in [2.24, 2.45) is 7.05 Å². The number of rotatable bonds is 4. The SMILES string of the molecule is Cn1nc(C(F)(F)F)c(Br)c1CNC(=O)OCc1ccccc1. The quantitative estimate of drug-likeness (QED) is 0.865. The highest BCUT2D eigenvalue weighted by Crippen LogP contribution is 2.35. The van der Waals surface area contributed by atoms with Crippen molar-refractivity contribution in [2.45, 2.75) is 19.3 Å². The summed E-state index contributed by atoms with van der Waals surface area (Å²) in [5.41, 5.74) is -0.0350. The third kappa shape index (κ3) is 4.47. The van der Waals surface area contributed by atoms with Crippen molar-refractivity contribution in [1.82, 2.24) is 15.1 Å². The predicted octanol–water partition coefficient (Wildman–Crippen LogP) is 3.63. The number of hydrogen-bond acceptors (Lipinski definition) is 3. The first-order valence-corrected chi connectivity index (χ1v) is 7.31. The van der Waals surface area contributed by atoms with Gasteiger partial charge in [0.1, 0.15) is 6.61 Å². The molecule has 9 heteroatoms. The Morgan fingerprint density at radius 2 is 2.00 bits per heavy atom. The average molecular weight is 392 g/mol. The van der Waals surface area contributed by atoms with Crippen molar-refractivity contribution in [3.63, 3.8) is 0 Å². The zero-order valence-electron chi connectivity index (χ0n) is 12.0. The topological polar surface area (TPSA) is 56.2 Å². The fourth-order valence-electron chi connectivity index (χ4n) is 1.84. The summed E-state index contributed by atoms with van der Waals surface area (Å²) in [6.45, 7) is -0.0686. The fraction of sp³-hybridized carbons (Fsp3) is 0.286. The summed E-state index contributed by atoms with van der Waals surface area (Å²) in [6.07, 6.45) is -5.29. The molecule has 0 saturated carbocycles. The zero-order chi connectivity index (χ0) is 17.0. The van der Waals surface area contributed by atoms with E-state index in [9.17, 15) is 18.0 Å². The van der Waals surface area contributed by atoms with Crippen LogP contribution in [0.1, 0.15) is 17.0 Å². The van der Waals surface area contributed by atoms with Crippen LogP contribution < -0.4 is 5.32 Å². The van der Waals surface area contributed by atoms with Gasteiger partial charge in [0.25, 0.3) is 0 Å². The van der Waals surface area contributed by atoms with Crippen molar-refractivity contribution in [1.29, 1.82) is 0 Å². The second-order valence-electron chi connectivity index (χ2n) is 4.65. The fourth-order valence-corrected chi connectivity index (χ4v) is 2.54. The van der Waals surface area contributed by atoms with Gasteiger partial charge in [0.15, 0.2) is 5.69 Å². The highest BCUT2D eigenvalue weighted by Gasteiger charge is 2.38. The summed E-state index contributed by atoms with van der Waals surface area (Å²) in [5, 5.41) is 5.80. The van der Waals surface area contributed by atoms with Gasteiger partial charge in [0.2, 0.25) is 0 Å². The summed E-state index contributed by atoms with van der Waals surface area (Å²) in [7, 11) is 1.37. The maximum Gasteiger partial charge on any atom is 0.436 e. The Balaban J connectivity index is 1.93. The molecule has 0 spiro atoms. The monoisotopic (exact) mass is 391 g/mol. The molecule has 0 atom stereocenters. The largest absolute Gasteiger partial charge is 0.445 e. The minimum Gasteiger partial charge on any atom is -0.445 e. The molecular formula is C14H13BrF3N3O2. The van der Waals surface area contributed by atoms with Gasteiger partial charge in [-0.25, -0.2) is 4.79 Å². The number of nitrogens with zero attached hydrogens (tertiary/aromatic N) is 2. The number of amides is 1. The molecule has 0 unspecified atom stereocenters. The molecule has 1 aromatic heterocycles. The molecule has 2 aromatic rings. The zero-order valence-corrected chi connectivity index (χ0v) is 13.6. The standard InChI is InChI=1S/C14H13BrF3N3O2/c1-21-10(11(15)12(20-21)14(16,17)18)7-19-13(22)23-8-9-5-3-2-4-6-9/h2-6H,7-8H2,1H3,(H,19,22). The van der Waals surface area contributed by atoms with Crippen LogP contribution in [0.25, 0.3) is 0 Å². The van der Waals surface area contributed by atoms with E-state index < -0.39 is 18.0 Å². The van der Waals surface area contributed by atoms with Crippen LogP contribution in [-0.4, -0.2) is 15.9 Å². The summed E-state index contributed by atoms with van der Waals surface area (Å²) in [6, 6.07) is 9.03. The van der Waals surface area contributed by atoms with Crippen LogP contribution in [0.5, 0.6) is 0 Å². The Morgan fingerprint density at radius 1 is 1.35 bits per heavy atom. The van der Waals surface area contributed by atoms with Gasteiger partial charge in [-0.1, -0.05) is 30.3 Å². The van der Waals surface area contributed by atoms with Crippen LogP contribution >= 0.6 is 15.9 Å². The normalized spacial score (nSPS) is 11.3. The Hall–Kier alpha value is -2.03. The number of hydrogen-bond donors (Lipinski definition) is 1. The lowest BCUT2D eigenvalue weighted by Gasteiger charge is -2.08. The first kappa shape index (κ1) is 17.3. The number of alkyl halides is 3. The van der Waals surface area contributed by atoms with Gasteiger partial charge in [-0.3, -0.25) is 4.68 Å². The van der Waals surface area contributed by atoms with Crippen LogP contribution in [0.15, 0.2) is 34.8 Å². The van der Waals surface area contributed by atoms with E-state index in [4.69, 9.17) is 4.74 Å². The molecule has 124 valence electrons. The molecule has 1 N–H and O–H groups in total. The number of carbonyl (C=O) groups excluding carboxylic acids is 1. The maximum atomic E-state index is 12.7. The Morgan fingerprint density at radius 3 is 2.57 bits per heavy atom. The number of nitrogens with one attached hydrogen (secondary N) is 1. The first-order valence-electron chi connectivity index (χ1n) is 6.52. The molecule has 0 saturated heterocycles. The van der Waals surface area contributed by atoms with Gasteiger partial charge in [0.05, 0.1) is 16.7 Å². The minimum absolute atomic E-state index is 0.0764. The Labute approximate surface area is 138 Å². The van der Waals surface area contributed by atoms with Crippen molar-refractivity contribution in [3.8, 4) is 0 Å². The van der Waals surface area contributed by atoms with Gasteiger partial charge in [-0.2, -0.15) is 18.3 Å². The Bertz CT molecular complexity index is 687. The van der Waals surface area contributed by atoms with Crippen molar-refractivity contribution in [2.75, 3.05) is 0 Å². The van der Waals surface area contributed by atoms with E-state index in [-0.39, 0.29) is 23.3 Å². The summed E-state index contributed by atoms with van der Waals surface area (Å²) < 4.78 is 44.0.